The Hall–Kier alpha value is -2.08. The number of aromatic nitrogens is 1. The molecule has 0 aliphatic rings. The van der Waals surface area contributed by atoms with Crippen molar-refractivity contribution in [3.63, 3.8) is 0 Å². The lowest BCUT2D eigenvalue weighted by atomic mass is 9.96. The van der Waals surface area contributed by atoms with Crippen LogP contribution in [0.1, 0.15) is 13.3 Å². The minimum Gasteiger partial charge on any atom is -0.497 e. The summed E-state index contributed by atoms with van der Waals surface area (Å²) in [4.78, 5) is 4.68. The van der Waals surface area contributed by atoms with Gasteiger partial charge in [0, 0.05) is 15.8 Å². The van der Waals surface area contributed by atoms with Crippen molar-refractivity contribution < 1.29 is 14.9 Å². The molecule has 0 spiro atoms. The molecular weight excluding hydrogens is 340 g/mol. The first-order valence-electron chi connectivity index (χ1n) is 8.12. The van der Waals surface area contributed by atoms with Crippen LogP contribution in [0.4, 0.5) is 5.69 Å². The molecule has 0 aliphatic heterocycles. The van der Waals surface area contributed by atoms with Crippen molar-refractivity contribution in [1.29, 1.82) is 0 Å². The molecule has 1 aromatic heterocycles. The van der Waals surface area contributed by atoms with Gasteiger partial charge in [0.05, 0.1) is 42.6 Å². The highest BCUT2D eigenvalue weighted by Crippen LogP contribution is 2.36. The van der Waals surface area contributed by atoms with Gasteiger partial charge >= 0.3 is 0 Å². The van der Waals surface area contributed by atoms with Crippen molar-refractivity contribution in [3.8, 4) is 5.75 Å². The van der Waals surface area contributed by atoms with Gasteiger partial charge < -0.3 is 20.3 Å². The first-order chi connectivity index (χ1) is 12.1. The van der Waals surface area contributed by atoms with Gasteiger partial charge in [0.2, 0.25) is 0 Å². The summed E-state index contributed by atoms with van der Waals surface area (Å²) in [7, 11) is 1.61. The number of pyridine rings is 1. The second kappa shape index (κ2) is 7.04. The average molecular weight is 361 g/mol. The fourth-order valence-electron chi connectivity index (χ4n) is 2.86. The summed E-state index contributed by atoms with van der Waals surface area (Å²) in [6.07, 6.45) is 0.558. The number of ether oxygens (including phenoxy) is 1. The van der Waals surface area contributed by atoms with E-state index in [0.29, 0.717) is 17.2 Å². The Balaban J connectivity index is 2.33. The molecule has 0 radical (unpaired) electrons. The van der Waals surface area contributed by atoms with Crippen LogP contribution in [0.2, 0.25) is 5.02 Å². The number of halogens is 1. The number of anilines is 1. The topological polar surface area (TPSA) is 74.6 Å². The molecule has 3 rings (SSSR count). The van der Waals surface area contributed by atoms with Crippen molar-refractivity contribution in [2.75, 3.05) is 25.6 Å². The first kappa shape index (κ1) is 17.7. The van der Waals surface area contributed by atoms with E-state index in [0.717, 1.165) is 27.5 Å². The molecular formula is C19H21ClN2O3. The number of nitrogens with zero attached hydrogens (tertiary/aromatic N) is 1. The highest BCUT2D eigenvalue weighted by atomic mass is 35.5. The van der Waals surface area contributed by atoms with Gasteiger partial charge in [0.25, 0.3) is 0 Å². The van der Waals surface area contributed by atoms with Gasteiger partial charge in [-0.25, -0.2) is 4.98 Å². The van der Waals surface area contributed by atoms with E-state index in [1.807, 2.05) is 31.2 Å². The molecule has 0 saturated carbocycles. The van der Waals surface area contributed by atoms with E-state index in [9.17, 15) is 10.2 Å². The summed E-state index contributed by atoms with van der Waals surface area (Å²) in [5.74, 6) is 0.709. The first-order valence-corrected chi connectivity index (χ1v) is 8.50. The monoisotopic (exact) mass is 360 g/mol. The number of nitrogens with one attached hydrogen (secondary N) is 1. The van der Waals surface area contributed by atoms with Crippen LogP contribution in [0.5, 0.6) is 5.75 Å². The number of hydrogen-bond acceptors (Lipinski definition) is 5. The Kier molecular flexibility index (Phi) is 4.99. The third kappa shape index (κ3) is 3.23. The zero-order valence-corrected chi connectivity index (χ0v) is 15.0. The third-order valence-electron chi connectivity index (χ3n) is 4.62. The highest BCUT2D eigenvalue weighted by molar-refractivity contribution is 6.31. The molecule has 132 valence electrons. The summed E-state index contributed by atoms with van der Waals surface area (Å²) in [5, 5.41) is 25.4. The summed E-state index contributed by atoms with van der Waals surface area (Å²) < 4.78 is 5.34. The Morgan fingerprint density at radius 1 is 1.08 bits per heavy atom. The number of rotatable bonds is 6. The summed E-state index contributed by atoms with van der Waals surface area (Å²) in [6.45, 7) is 1.54. The molecule has 0 amide bonds. The number of hydrogen-bond donors (Lipinski definition) is 3. The molecule has 5 nitrogen and oxygen atoms in total. The van der Waals surface area contributed by atoms with Crippen LogP contribution in [-0.2, 0) is 0 Å². The van der Waals surface area contributed by atoms with E-state index in [1.54, 1.807) is 19.2 Å². The lowest BCUT2D eigenvalue weighted by molar-refractivity contribution is 0.133. The molecule has 0 bridgehead atoms. The van der Waals surface area contributed by atoms with Gasteiger partial charge in [-0.1, -0.05) is 18.5 Å². The lowest BCUT2D eigenvalue weighted by Gasteiger charge is -2.32. The molecule has 0 atom stereocenters. The van der Waals surface area contributed by atoms with Crippen molar-refractivity contribution in [2.24, 2.45) is 0 Å². The second-order valence-corrected chi connectivity index (χ2v) is 6.54. The Morgan fingerprint density at radius 3 is 2.48 bits per heavy atom. The molecule has 0 unspecified atom stereocenters. The zero-order valence-electron chi connectivity index (χ0n) is 14.2. The molecule has 6 heteroatoms. The fourth-order valence-corrected chi connectivity index (χ4v) is 3.03. The minimum absolute atomic E-state index is 0.192. The Bertz CT molecular complexity index is 902. The summed E-state index contributed by atoms with van der Waals surface area (Å²) >= 11 is 6.12. The molecule has 0 saturated heterocycles. The van der Waals surface area contributed by atoms with Crippen molar-refractivity contribution in [3.05, 3.63) is 41.4 Å². The quantitative estimate of drug-likeness (QED) is 0.586. The van der Waals surface area contributed by atoms with E-state index in [2.05, 4.69) is 10.3 Å². The van der Waals surface area contributed by atoms with Crippen LogP contribution in [0, 0.1) is 0 Å². The normalized spacial score (nSPS) is 11.9. The fraction of sp³-hybridized carbons (Fsp3) is 0.316. The van der Waals surface area contributed by atoms with Crippen molar-refractivity contribution >= 4 is 39.1 Å². The molecule has 2 aromatic carbocycles. The lowest BCUT2D eigenvalue weighted by Crippen LogP contribution is -2.45. The van der Waals surface area contributed by atoms with Gasteiger partial charge in [-0.2, -0.15) is 0 Å². The largest absolute Gasteiger partial charge is 0.497 e. The van der Waals surface area contributed by atoms with Crippen LogP contribution in [-0.4, -0.2) is 41.1 Å². The summed E-state index contributed by atoms with van der Waals surface area (Å²) in [5.41, 5.74) is 1.48. The number of benzene rings is 2. The Morgan fingerprint density at radius 2 is 1.84 bits per heavy atom. The van der Waals surface area contributed by atoms with Gasteiger partial charge in [0.15, 0.2) is 0 Å². The van der Waals surface area contributed by atoms with Gasteiger partial charge in [-0.15, -0.1) is 0 Å². The highest BCUT2D eigenvalue weighted by Gasteiger charge is 2.28. The van der Waals surface area contributed by atoms with Gasteiger partial charge in [0.1, 0.15) is 5.75 Å². The SMILES string of the molecule is CCC(CO)(CO)Nc1c2ccc(Cl)cc2nc2ccc(OC)cc12. The molecule has 25 heavy (non-hydrogen) atoms. The summed E-state index contributed by atoms with van der Waals surface area (Å²) in [6, 6.07) is 11.1. The van der Waals surface area contributed by atoms with E-state index in [4.69, 9.17) is 16.3 Å². The molecule has 0 aliphatic carbocycles. The van der Waals surface area contributed by atoms with Crippen molar-refractivity contribution in [1.82, 2.24) is 4.98 Å². The maximum absolute atomic E-state index is 9.84. The second-order valence-electron chi connectivity index (χ2n) is 6.11. The van der Waals surface area contributed by atoms with E-state index in [-0.39, 0.29) is 13.2 Å². The smallest absolute Gasteiger partial charge is 0.119 e. The van der Waals surface area contributed by atoms with Crippen LogP contribution in [0.25, 0.3) is 21.8 Å². The number of aliphatic hydroxyl groups is 2. The van der Waals surface area contributed by atoms with Crippen LogP contribution in [0.3, 0.4) is 0 Å². The predicted octanol–water partition coefficient (Wildman–Crippen LogP) is 3.60. The van der Waals surface area contributed by atoms with E-state index in [1.165, 1.54) is 0 Å². The third-order valence-corrected chi connectivity index (χ3v) is 4.85. The van der Waals surface area contributed by atoms with Gasteiger partial charge in [-0.05, 0) is 42.8 Å². The Labute approximate surface area is 151 Å². The van der Waals surface area contributed by atoms with Crippen LogP contribution < -0.4 is 10.1 Å². The molecule has 0 fully saturated rings. The number of methoxy groups -OCH3 is 1. The standard InChI is InChI=1S/C19H21ClN2O3/c1-3-19(10-23,11-24)22-18-14-6-4-12(20)8-17(14)21-16-7-5-13(25-2)9-15(16)18/h4-9,23-24H,3,10-11H2,1-2H3,(H,21,22). The number of aliphatic hydroxyl groups excluding tert-OH is 2. The number of fused-ring (bicyclic) bond motifs is 2. The zero-order chi connectivity index (χ0) is 18.0. The molecule has 3 N–H and O–H groups in total. The average Bonchev–Trinajstić information content (AvgIpc) is 2.65. The predicted molar refractivity (Wildman–Crippen MR) is 102 cm³/mol. The molecule has 3 aromatic rings. The van der Waals surface area contributed by atoms with Gasteiger partial charge in [-0.3, -0.25) is 0 Å². The maximum Gasteiger partial charge on any atom is 0.119 e. The van der Waals surface area contributed by atoms with E-state index < -0.39 is 5.54 Å². The van der Waals surface area contributed by atoms with Crippen molar-refractivity contribution in [2.45, 2.75) is 18.9 Å². The minimum atomic E-state index is -0.829. The maximum atomic E-state index is 9.84. The van der Waals surface area contributed by atoms with Crippen LogP contribution in [0.15, 0.2) is 36.4 Å². The molecule has 1 heterocycles. The van der Waals surface area contributed by atoms with Crippen LogP contribution >= 0.6 is 11.6 Å². The van der Waals surface area contributed by atoms with E-state index >= 15 is 0 Å².